The smallest absolute Gasteiger partial charge is 0.303 e. The topological polar surface area (TPSA) is 80.7 Å². The van der Waals surface area contributed by atoms with Crippen LogP contribution in [0.3, 0.4) is 0 Å². The second-order valence-corrected chi connectivity index (χ2v) is 5.08. The van der Waals surface area contributed by atoms with Crippen molar-refractivity contribution in [3.63, 3.8) is 0 Å². The van der Waals surface area contributed by atoms with Crippen LogP contribution in [0.15, 0.2) is 23.0 Å². The molecule has 0 aromatic carbocycles. The molecule has 0 bridgehead atoms. The van der Waals surface area contributed by atoms with Gasteiger partial charge in [0.25, 0.3) is 0 Å². The Morgan fingerprint density at radius 1 is 1.37 bits per heavy atom. The lowest BCUT2D eigenvalue weighted by molar-refractivity contribution is -0.157. The highest BCUT2D eigenvalue weighted by Gasteiger charge is 2.42. The summed E-state index contributed by atoms with van der Waals surface area (Å²) in [5.41, 5.74) is -1.49. The van der Waals surface area contributed by atoms with E-state index < -0.39 is 17.4 Å². The summed E-state index contributed by atoms with van der Waals surface area (Å²) in [5.74, 6) is -2.13. The van der Waals surface area contributed by atoms with E-state index in [9.17, 15) is 19.5 Å². The summed E-state index contributed by atoms with van der Waals surface area (Å²) in [7, 11) is 0. The number of Topliss-reactive ketones (excluding diaryl/α,β-unsaturated/α-hetero) is 2. The van der Waals surface area contributed by atoms with E-state index in [4.69, 9.17) is 4.74 Å². The molecule has 0 aliphatic heterocycles. The van der Waals surface area contributed by atoms with Crippen molar-refractivity contribution in [2.75, 3.05) is 0 Å². The maximum atomic E-state index is 12.1. The van der Waals surface area contributed by atoms with Crippen molar-refractivity contribution in [2.24, 2.45) is 5.92 Å². The molecule has 5 nitrogen and oxygen atoms in total. The summed E-state index contributed by atoms with van der Waals surface area (Å²) >= 11 is 0. The fourth-order valence-electron chi connectivity index (χ4n) is 1.96. The van der Waals surface area contributed by atoms with Crippen molar-refractivity contribution >= 4 is 17.5 Å². The summed E-state index contributed by atoms with van der Waals surface area (Å²) in [5, 5.41) is 9.92. The maximum Gasteiger partial charge on any atom is 0.303 e. The van der Waals surface area contributed by atoms with Crippen molar-refractivity contribution < 1.29 is 24.2 Å². The van der Waals surface area contributed by atoms with E-state index in [1.54, 1.807) is 13.8 Å². The molecular formula is C14H18O5. The molecule has 0 spiro atoms. The predicted octanol–water partition coefficient (Wildman–Crippen LogP) is 1.87. The Morgan fingerprint density at radius 2 is 1.89 bits per heavy atom. The molecule has 1 aliphatic carbocycles. The van der Waals surface area contributed by atoms with Crippen LogP contribution in [0.1, 0.15) is 34.6 Å². The summed E-state index contributed by atoms with van der Waals surface area (Å²) in [6.07, 6.45) is 1.22. The van der Waals surface area contributed by atoms with E-state index >= 15 is 0 Å². The minimum atomic E-state index is -1.54. The molecule has 1 N–H and O–H groups in total. The molecule has 1 unspecified atom stereocenters. The zero-order valence-corrected chi connectivity index (χ0v) is 11.7. The quantitative estimate of drug-likeness (QED) is 0.789. The Kier molecular flexibility index (Phi) is 3.98. The van der Waals surface area contributed by atoms with Crippen LogP contribution in [-0.2, 0) is 19.1 Å². The van der Waals surface area contributed by atoms with E-state index in [-0.39, 0.29) is 28.6 Å². The van der Waals surface area contributed by atoms with Gasteiger partial charge in [0.05, 0.1) is 5.57 Å². The number of ketones is 2. The fourth-order valence-corrected chi connectivity index (χ4v) is 1.96. The molecule has 0 heterocycles. The lowest BCUT2D eigenvalue weighted by atomic mass is 9.82. The van der Waals surface area contributed by atoms with Crippen LogP contribution in [0.2, 0.25) is 0 Å². The molecule has 5 heteroatoms. The number of carbonyl (C=O) groups is 3. The van der Waals surface area contributed by atoms with Crippen molar-refractivity contribution in [1.29, 1.82) is 0 Å². The maximum absolute atomic E-state index is 12.1. The van der Waals surface area contributed by atoms with Crippen LogP contribution in [0.25, 0.3) is 0 Å². The average molecular weight is 266 g/mol. The van der Waals surface area contributed by atoms with E-state index in [0.717, 1.165) is 0 Å². The van der Waals surface area contributed by atoms with Crippen molar-refractivity contribution in [2.45, 2.75) is 40.2 Å². The van der Waals surface area contributed by atoms with Crippen LogP contribution >= 0.6 is 0 Å². The highest BCUT2D eigenvalue weighted by atomic mass is 16.6. The number of hydrogen-bond acceptors (Lipinski definition) is 5. The number of aliphatic hydroxyl groups excluding tert-OH is 1. The summed E-state index contributed by atoms with van der Waals surface area (Å²) in [4.78, 5) is 35.2. The third-order valence-corrected chi connectivity index (χ3v) is 2.97. The molecule has 1 aliphatic rings. The second-order valence-electron chi connectivity index (χ2n) is 5.08. The first kappa shape index (κ1) is 15.1. The molecule has 0 amide bonds. The average Bonchev–Trinajstić information content (AvgIpc) is 2.29. The Balaban J connectivity index is 3.36. The van der Waals surface area contributed by atoms with Gasteiger partial charge in [-0.25, -0.2) is 0 Å². The van der Waals surface area contributed by atoms with Crippen LogP contribution in [0.5, 0.6) is 0 Å². The van der Waals surface area contributed by atoms with Crippen LogP contribution < -0.4 is 0 Å². The van der Waals surface area contributed by atoms with Crippen LogP contribution in [0.4, 0.5) is 0 Å². The fraction of sp³-hybridized carbons (Fsp3) is 0.500. The lowest BCUT2D eigenvalue weighted by Crippen LogP contribution is -2.42. The molecule has 104 valence electrons. The predicted molar refractivity (Wildman–Crippen MR) is 68.4 cm³/mol. The molecule has 0 saturated heterocycles. The van der Waals surface area contributed by atoms with E-state index in [1.807, 2.05) is 0 Å². The summed E-state index contributed by atoms with van der Waals surface area (Å²) in [6.45, 7) is 7.36. The zero-order valence-electron chi connectivity index (χ0n) is 11.7. The minimum Gasteiger partial charge on any atom is -0.507 e. The highest BCUT2D eigenvalue weighted by molar-refractivity contribution is 6.11. The molecule has 0 saturated carbocycles. The number of aliphatic hydroxyl groups is 1. The molecular weight excluding hydrogens is 248 g/mol. The van der Waals surface area contributed by atoms with Crippen molar-refractivity contribution in [3.05, 3.63) is 23.0 Å². The molecule has 19 heavy (non-hydrogen) atoms. The van der Waals surface area contributed by atoms with Gasteiger partial charge in [-0.15, -0.1) is 0 Å². The standard InChI is InChI=1S/C14H18O5/c1-7(2)11(16)10-6-14(5,19-9(4)15)13(18)8(3)12(10)17/h6-7,17H,1-5H3. The number of rotatable bonds is 3. The first-order chi connectivity index (χ1) is 8.60. The highest BCUT2D eigenvalue weighted by Crippen LogP contribution is 2.31. The van der Waals surface area contributed by atoms with Gasteiger partial charge in [-0.2, -0.15) is 0 Å². The third kappa shape index (κ3) is 2.75. The molecule has 0 aromatic heterocycles. The minimum absolute atomic E-state index is 0.0234. The van der Waals surface area contributed by atoms with E-state index in [2.05, 4.69) is 0 Å². The number of esters is 1. The third-order valence-electron chi connectivity index (χ3n) is 2.97. The summed E-state index contributed by atoms with van der Waals surface area (Å²) < 4.78 is 5.01. The Morgan fingerprint density at radius 3 is 2.32 bits per heavy atom. The van der Waals surface area contributed by atoms with Gasteiger partial charge in [-0.1, -0.05) is 13.8 Å². The van der Waals surface area contributed by atoms with Gasteiger partial charge in [-0.05, 0) is 19.9 Å². The van der Waals surface area contributed by atoms with Gasteiger partial charge in [0.1, 0.15) is 5.76 Å². The molecule has 0 aromatic rings. The molecule has 0 radical (unpaired) electrons. The lowest BCUT2D eigenvalue weighted by Gasteiger charge is -2.29. The van der Waals surface area contributed by atoms with Crippen molar-refractivity contribution in [1.82, 2.24) is 0 Å². The van der Waals surface area contributed by atoms with Crippen LogP contribution in [0, 0.1) is 5.92 Å². The van der Waals surface area contributed by atoms with Gasteiger partial charge in [0.2, 0.25) is 5.78 Å². The van der Waals surface area contributed by atoms with Crippen molar-refractivity contribution in [3.8, 4) is 0 Å². The number of hydrogen-bond donors (Lipinski definition) is 1. The number of ether oxygens (including phenoxy) is 1. The molecule has 1 atom stereocenters. The Labute approximate surface area is 111 Å². The Bertz CT molecular complexity index is 510. The first-order valence-electron chi connectivity index (χ1n) is 6.01. The van der Waals surface area contributed by atoms with Gasteiger partial charge < -0.3 is 9.84 Å². The molecule has 1 rings (SSSR count). The SMILES string of the molecule is CC(=O)OC1(C)C=C(C(=O)C(C)C)C(O)=C(C)C1=O. The second kappa shape index (κ2) is 4.99. The largest absolute Gasteiger partial charge is 0.507 e. The Hall–Kier alpha value is -1.91. The van der Waals surface area contributed by atoms with Gasteiger partial charge >= 0.3 is 5.97 Å². The first-order valence-corrected chi connectivity index (χ1v) is 6.01. The normalized spacial score (nSPS) is 23.5. The van der Waals surface area contributed by atoms with Gasteiger partial charge in [0, 0.05) is 18.4 Å². The monoisotopic (exact) mass is 266 g/mol. The van der Waals surface area contributed by atoms with E-state index in [0.29, 0.717) is 0 Å². The van der Waals surface area contributed by atoms with E-state index in [1.165, 1.54) is 26.8 Å². The number of carbonyl (C=O) groups excluding carboxylic acids is 3. The molecule has 0 fully saturated rings. The summed E-state index contributed by atoms with van der Waals surface area (Å²) in [6, 6.07) is 0. The van der Waals surface area contributed by atoms with Crippen LogP contribution in [-0.4, -0.2) is 28.2 Å². The number of allylic oxidation sites excluding steroid dienone is 1. The zero-order chi connectivity index (χ0) is 15.0. The van der Waals surface area contributed by atoms with Gasteiger partial charge in [-0.3, -0.25) is 14.4 Å². The van der Waals surface area contributed by atoms with Gasteiger partial charge in [0.15, 0.2) is 11.4 Å².